The van der Waals surface area contributed by atoms with Gasteiger partial charge in [-0.05, 0) is 50.8 Å². The minimum absolute atomic E-state index is 0. The number of nitrogens with zero attached hydrogens (tertiary/aromatic N) is 3. The molecule has 0 saturated carbocycles. The molecule has 2 saturated heterocycles. The number of carbonyl (C=O) groups excluding carboxylic acids is 1. The molecule has 2 heterocycles. The van der Waals surface area contributed by atoms with Gasteiger partial charge < -0.3 is 15.5 Å². The Morgan fingerprint density at radius 2 is 1.83 bits per heavy atom. The number of benzene rings is 1. The second-order valence-electron chi connectivity index (χ2n) is 8.09. The zero-order valence-electron chi connectivity index (χ0n) is 18.5. The van der Waals surface area contributed by atoms with Crippen molar-refractivity contribution in [1.29, 1.82) is 0 Å². The van der Waals surface area contributed by atoms with Crippen LogP contribution in [0.1, 0.15) is 57.1 Å². The van der Waals surface area contributed by atoms with Crippen molar-refractivity contribution < 1.29 is 4.79 Å². The monoisotopic (exact) mass is 527 g/mol. The fraction of sp³-hybridized carbons (Fsp3) is 0.652. The molecular weight excluding hydrogens is 489 g/mol. The summed E-state index contributed by atoms with van der Waals surface area (Å²) in [5, 5.41) is 6.98. The molecule has 0 aliphatic carbocycles. The quantitative estimate of drug-likeness (QED) is 0.294. The molecule has 3 rings (SSSR count). The third kappa shape index (κ3) is 6.83. The van der Waals surface area contributed by atoms with Gasteiger partial charge in [-0.25, -0.2) is 0 Å². The summed E-state index contributed by atoms with van der Waals surface area (Å²) in [4.78, 5) is 21.1. The number of hydrogen-bond donors (Lipinski definition) is 2. The number of amides is 1. The van der Waals surface area contributed by atoms with Gasteiger partial charge in [-0.15, -0.1) is 24.0 Å². The Kier molecular flexibility index (Phi) is 10.9. The lowest BCUT2D eigenvalue weighted by molar-refractivity contribution is -0.129. The molecule has 2 aliphatic heterocycles. The van der Waals surface area contributed by atoms with Gasteiger partial charge in [-0.3, -0.25) is 14.7 Å². The lowest BCUT2D eigenvalue weighted by Crippen LogP contribution is -2.44. The predicted octanol–water partition coefficient (Wildman–Crippen LogP) is 3.40. The van der Waals surface area contributed by atoms with E-state index in [0.29, 0.717) is 24.4 Å². The molecule has 1 aromatic rings. The van der Waals surface area contributed by atoms with Crippen LogP contribution in [0.25, 0.3) is 0 Å². The number of halogens is 1. The average molecular weight is 527 g/mol. The van der Waals surface area contributed by atoms with Crippen molar-refractivity contribution in [3.8, 4) is 0 Å². The third-order valence-corrected chi connectivity index (χ3v) is 6.24. The van der Waals surface area contributed by atoms with Crippen LogP contribution in [0.2, 0.25) is 0 Å². The van der Waals surface area contributed by atoms with Crippen molar-refractivity contribution in [2.45, 2.75) is 57.5 Å². The number of nitrogens with one attached hydrogen (secondary N) is 2. The van der Waals surface area contributed by atoms with E-state index in [1.165, 1.54) is 18.4 Å². The van der Waals surface area contributed by atoms with Crippen molar-refractivity contribution in [2.24, 2.45) is 4.99 Å². The maximum Gasteiger partial charge on any atom is 0.222 e. The molecule has 2 aliphatic rings. The second kappa shape index (κ2) is 13.1. The van der Waals surface area contributed by atoms with E-state index in [9.17, 15) is 4.79 Å². The van der Waals surface area contributed by atoms with E-state index in [-0.39, 0.29) is 24.0 Å². The molecule has 1 amide bonds. The highest BCUT2D eigenvalue weighted by Gasteiger charge is 2.26. The van der Waals surface area contributed by atoms with Gasteiger partial charge >= 0.3 is 0 Å². The van der Waals surface area contributed by atoms with Gasteiger partial charge in [0.25, 0.3) is 0 Å². The molecule has 168 valence electrons. The minimum atomic E-state index is 0. The number of guanidine groups is 1. The summed E-state index contributed by atoms with van der Waals surface area (Å²) in [6.45, 7) is 7.07. The average Bonchev–Trinajstić information content (AvgIpc) is 3.43. The first-order valence-electron chi connectivity index (χ1n) is 11.3. The second-order valence-corrected chi connectivity index (χ2v) is 8.09. The molecule has 0 radical (unpaired) electrons. The van der Waals surface area contributed by atoms with Crippen molar-refractivity contribution in [3.63, 3.8) is 0 Å². The van der Waals surface area contributed by atoms with Crippen molar-refractivity contribution in [1.82, 2.24) is 20.4 Å². The van der Waals surface area contributed by atoms with E-state index < -0.39 is 0 Å². The summed E-state index contributed by atoms with van der Waals surface area (Å²) in [5.74, 6) is 1.16. The number of carbonyl (C=O) groups is 1. The van der Waals surface area contributed by atoms with E-state index in [1.54, 1.807) is 0 Å². The van der Waals surface area contributed by atoms with Gasteiger partial charge in [0.1, 0.15) is 0 Å². The first kappa shape index (κ1) is 24.9. The number of likely N-dealkylation sites (tertiary alicyclic amines) is 2. The van der Waals surface area contributed by atoms with Crippen LogP contribution in [0, 0.1) is 0 Å². The summed E-state index contributed by atoms with van der Waals surface area (Å²) in [5.41, 5.74) is 1.36. The molecule has 2 atom stereocenters. The third-order valence-electron chi connectivity index (χ3n) is 6.24. The van der Waals surface area contributed by atoms with E-state index in [1.807, 2.05) is 7.05 Å². The molecule has 6 nitrogen and oxygen atoms in total. The van der Waals surface area contributed by atoms with Gasteiger partial charge in [0.15, 0.2) is 5.96 Å². The zero-order chi connectivity index (χ0) is 20.5. The van der Waals surface area contributed by atoms with Gasteiger partial charge in [0, 0.05) is 39.1 Å². The smallest absolute Gasteiger partial charge is 0.222 e. The predicted molar refractivity (Wildman–Crippen MR) is 134 cm³/mol. The van der Waals surface area contributed by atoms with Crippen LogP contribution < -0.4 is 10.6 Å². The Labute approximate surface area is 198 Å². The van der Waals surface area contributed by atoms with Crippen LogP contribution in [0.3, 0.4) is 0 Å². The summed E-state index contributed by atoms with van der Waals surface area (Å²) in [7, 11) is 1.82. The lowest BCUT2D eigenvalue weighted by Gasteiger charge is -2.29. The highest BCUT2D eigenvalue weighted by molar-refractivity contribution is 14.0. The fourth-order valence-electron chi connectivity index (χ4n) is 4.59. The Morgan fingerprint density at radius 3 is 2.43 bits per heavy atom. The topological polar surface area (TPSA) is 60.0 Å². The van der Waals surface area contributed by atoms with Crippen molar-refractivity contribution >= 4 is 35.8 Å². The SMILES string of the molecule is CCC(CCNC(=NC)NCC(c1ccccc1)N1CCCC1)N1CCCC1=O.I. The van der Waals surface area contributed by atoms with Gasteiger partial charge in [-0.1, -0.05) is 37.3 Å². The summed E-state index contributed by atoms with van der Waals surface area (Å²) < 4.78 is 0. The van der Waals surface area contributed by atoms with Gasteiger partial charge in [0.2, 0.25) is 5.91 Å². The van der Waals surface area contributed by atoms with Crippen LogP contribution in [-0.2, 0) is 4.79 Å². The van der Waals surface area contributed by atoms with Crippen LogP contribution in [0.15, 0.2) is 35.3 Å². The number of rotatable bonds is 9. The van der Waals surface area contributed by atoms with E-state index in [2.05, 4.69) is 62.7 Å². The first-order chi connectivity index (χ1) is 14.2. The molecule has 1 aromatic carbocycles. The largest absolute Gasteiger partial charge is 0.356 e. The van der Waals surface area contributed by atoms with Crippen LogP contribution >= 0.6 is 24.0 Å². The van der Waals surface area contributed by atoms with Crippen molar-refractivity contribution in [3.05, 3.63) is 35.9 Å². The summed E-state index contributed by atoms with van der Waals surface area (Å²) >= 11 is 0. The molecule has 0 aromatic heterocycles. The normalized spacial score (nSPS) is 19.5. The maximum absolute atomic E-state index is 12.0. The standard InChI is InChI=1S/C23H37N5O.HI/c1-3-20(28-17-9-12-22(28)29)13-14-25-23(24-2)26-18-21(27-15-7-8-16-27)19-10-5-4-6-11-19;/h4-6,10-11,20-21H,3,7-9,12-18H2,1-2H3,(H2,24,25,26);1H. The zero-order valence-corrected chi connectivity index (χ0v) is 20.8. The van der Waals surface area contributed by atoms with E-state index >= 15 is 0 Å². The van der Waals surface area contributed by atoms with Crippen molar-refractivity contribution in [2.75, 3.05) is 39.8 Å². The minimum Gasteiger partial charge on any atom is -0.356 e. The highest BCUT2D eigenvalue weighted by Crippen LogP contribution is 2.24. The first-order valence-corrected chi connectivity index (χ1v) is 11.3. The lowest BCUT2D eigenvalue weighted by atomic mass is 10.1. The molecule has 2 N–H and O–H groups in total. The molecule has 30 heavy (non-hydrogen) atoms. The molecule has 0 bridgehead atoms. The summed E-state index contributed by atoms with van der Waals surface area (Å²) in [6, 6.07) is 11.5. The summed E-state index contributed by atoms with van der Waals surface area (Å²) in [6.07, 6.45) is 6.24. The maximum atomic E-state index is 12.0. The van der Waals surface area contributed by atoms with E-state index in [0.717, 1.165) is 57.9 Å². The highest BCUT2D eigenvalue weighted by atomic mass is 127. The number of hydrogen-bond acceptors (Lipinski definition) is 3. The fourth-order valence-corrected chi connectivity index (χ4v) is 4.59. The van der Waals surface area contributed by atoms with Crippen LogP contribution in [-0.4, -0.2) is 67.5 Å². The van der Waals surface area contributed by atoms with E-state index in [4.69, 9.17) is 0 Å². The molecule has 0 spiro atoms. The molecule has 7 heteroatoms. The van der Waals surface area contributed by atoms with Gasteiger partial charge in [-0.2, -0.15) is 0 Å². The number of aliphatic imine (C=N–C) groups is 1. The Morgan fingerprint density at radius 1 is 1.10 bits per heavy atom. The Hall–Kier alpha value is -1.35. The molecule has 2 unspecified atom stereocenters. The van der Waals surface area contributed by atoms with Gasteiger partial charge in [0.05, 0.1) is 6.04 Å². The Bertz CT molecular complexity index is 663. The molecular formula is C23H38IN5O. The van der Waals surface area contributed by atoms with Crippen LogP contribution in [0.5, 0.6) is 0 Å². The Balaban J connectivity index is 0.00000320. The van der Waals surface area contributed by atoms with Crippen LogP contribution in [0.4, 0.5) is 0 Å². The molecule has 2 fully saturated rings.